The van der Waals surface area contributed by atoms with E-state index >= 15 is 0 Å². The standard InChI is InChI=1S/C63H105NO3/c1-3-5-7-9-11-13-15-17-19-21-22-23-24-25-26-27-28-29-30-31-32-33-34-35-36-37-38-39-40-41-42-43-45-47-49-51-53-55-57-59-63(67)64-61(60-65)62(66)58-56-54-52-50-48-46-44-20-18-16-14-12-10-8-6-4-2/h5,7,11,13,17,19,22-23,25-26,28-29,31-32,34-35,37-38,48,50,56,58,61-62,65-66H,3-4,6,8-10,12,14-16,18,20-21,24,27,30,33,36,39-47,49,51-55,57,59-60H2,1-2H3,(H,64,67)/b7-5-,13-11-,19-17-,23-22-,26-25-,29-28-,32-31-,35-34-,38-37-,50-48+,58-56+. The molecular formula is C63H105NO3. The van der Waals surface area contributed by atoms with Crippen molar-refractivity contribution in [2.24, 2.45) is 0 Å². The molecule has 380 valence electrons. The summed E-state index contributed by atoms with van der Waals surface area (Å²) >= 11 is 0. The molecule has 0 fully saturated rings. The summed E-state index contributed by atoms with van der Waals surface area (Å²) in [5.41, 5.74) is 0. The van der Waals surface area contributed by atoms with E-state index in [1.54, 1.807) is 6.08 Å². The molecule has 0 rings (SSSR count). The minimum absolute atomic E-state index is 0.0823. The van der Waals surface area contributed by atoms with Crippen LogP contribution in [0.5, 0.6) is 0 Å². The van der Waals surface area contributed by atoms with Crippen molar-refractivity contribution in [2.75, 3.05) is 6.61 Å². The van der Waals surface area contributed by atoms with Gasteiger partial charge in [0.25, 0.3) is 0 Å². The number of aliphatic hydroxyl groups excluding tert-OH is 2. The van der Waals surface area contributed by atoms with Gasteiger partial charge < -0.3 is 15.5 Å². The Hall–Kier alpha value is -3.47. The first-order valence-electron chi connectivity index (χ1n) is 27.9. The van der Waals surface area contributed by atoms with Crippen LogP contribution in [-0.4, -0.2) is 34.9 Å². The first-order valence-corrected chi connectivity index (χ1v) is 27.9. The fourth-order valence-corrected chi connectivity index (χ4v) is 7.66. The Morgan fingerprint density at radius 2 is 0.672 bits per heavy atom. The fourth-order valence-electron chi connectivity index (χ4n) is 7.66. The lowest BCUT2D eigenvalue weighted by Crippen LogP contribution is -2.45. The summed E-state index contributed by atoms with van der Waals surface area (Å²) in [6.45, 7) is 4.17. The van der Waals surface area contributed by atoms with Gasteiger partial charge in [-0.2, -0.15) is 0 Å². The van der Waals surface area contributed by atoms with Crippen LogP contribution in [0, 0.1) is 0 Å². The van der Waals surface area contributed by atoms with Gasteiger partial charge >= 0.3 is 0 Å². The minimum Gasteiger partial charge on any atom is -0.394 e. The second-order valence-electron chi connectivity index (χ2n) is 18.3. The normalized spacial score (nSPS) is 13.9. The molecule has 0 saturated carbocycles. The zero-order chi connectivity index (χ0) is 48.5. The van der Waals surface area contributed by atoms with Crippen LogP contribution in [0.4, 0.5) is 0 Å². The van der Waals surface area contributed by atoms with Gasteiger partial charge in [-0.15, -0.1) is 0 Å². The van der Waals surface area contributed by atoms with Crippen LogP contribution in [0.3, 0.4) is 0 Å². The van der Waals surface area contributed by atoms with Crippen molar-refractivity contribution >= 4 is 5.91 Å². The molecule has 2 unspecified atom stereocenters. The molecular weight excluding hydrogens is 819 g/mol. The third kappa shape index (κ3) is 53.4. The number of hydrogen-bond acceptors (Lipinski definition) is 3. The SMILES string of the molecule is CC/C=C\C/C=C\C/C=C\C/C=C\C/C=C\C/C=C\C/C=C\C/C=C\C/C=C\CCCCCCCCCCCCCC(=O)NC(CO)C(O)/C=C/CC/C=C/CCCCCCCCCCCC. The number of amides is 1. The van der Waals surface area contributed by atoms with Gasteiger partial charge in [0.05, 0.1) is 18.8 Å². The van der Waals surface area contributed by atoms with E-state index in [0.29, 0.717) is 6.42 Å². The monoisotopic (exact) mass is 924 g/mol. The molecule has 0 aromatic carbocycles. The smallest absolute Gasteiger partial charge is 0.220 e. The van der Waals surface area contributed by atoms with Gasteiger partial charge in [-0.3, -0.25) is 4.79 Å². The number of allylic oxidation sites excluding steroid dienone is 21. The first-order chi connectivity index (χ1) is 33.2. The summed E-state index contributed by atoms with van der Waals surface area (Å²) in [5, 5.41) is 23.1. The molecule has 0 heterocycles. The molecule has 0 spiro atoms. The van der Waals surface area contributed by atoms with Crippen LogP contribution in [-0.2, 0) is 4.79 Å². The molecule has 0 aliphatic rings. The number of carbonyl (C=O) groups is 1. The molecule has 0 aromatic heterocycles. The van der Waals surface area contributed by atoms with Crippen molar-refractivity contribution in [3.8, 4) is 0 Å². The molecule has 4 nitrogen and oxygen atoms in total. The zero-order valence-electron chi connectivity index (χ0n) is 43.6. The highest BCUT2D eigenvalue weighted by atomic mass is 16.3. The number of aliphatic hydroxyl groups is 2. The summed E-state index contributed by atoms with van der Waals surface area (Å²) in [4.78, 5) is 12.5. The number of nitrogens with one attached hydrogen (secondary N) is 1. The summed E-state index contributed by atoms with van der Waals surface area (Å²) < 4.78 is 0. The molecule has 0 bridgehead atoms. The molecule has 0 saturated heterocycles. The second kappa shape index (κ2) is 56.9. The molecule has 0 aliphatic carbocycles. The average Bonchev–Trinajstić information content (AvgIpc) is 3.33. The van der Waals surface area contributed by atoms with Crippen molar-refractivity contribution in [2.45, 2.75) is 251 Å². The molecule has 0 radical (unpaired) electrons. The van der Waals surface area contributed by atoms with Crippen LogP contribution >= 0.6 is 0 Å². The van der Waals surface area contributed by atoms with Crippen LogP contribution in [0.15, 0.2) is 134 Å². The highest BCUT2D eigenvalue weighted by molar-refractivity contribution is 5.76. The quantitative estimate of drug-likeness (QED) is 0.0421. The highest BCUT2D eigenvalue weighted by Crippen LogP contribution is 2.14. The second-order valence-corrected chi connectivity index (χ2v) is 18.3. The van der Waals surface area contributed by atoms with Crippen molar-refractivity contribution < 1.29 is 15.0 Å². The van der Waals surface area contributed by atoms with E-state index < -0.39 is 12.1 Å². The number of carbonyl (C=O) groups excluding carboxylic acids is 1. The molecule has 1 amide bonds. The average molecular weight is 925 g/mol. The summed E-state index contributed by atoms with van der Waals surface area (Å²) in [7, 11) is 0. The topological polar surface area (TPSA) is 69.6 Å². The van der Waals surface area contributed by atoms with E-state index in [9.17, 15) is 15.0 Å². The maximum Gasteiger partial charge on any atom is 0.220 e. The van der Waals surface area contributed by atoms with Gasteiger partial charge in [-0.05, 0) is 103 Å². The van der Waals surface area contributed by atoms with Crippen LogP contribution in [0.1, 0.15) is 239 Å². The van der Waals surface area contributed by atoms with Gasteiger partial charge in [0, 0.05) is 6.42 Å². The van der Waals surface area contributed by atoms with E-state index in [0.717, 1.165) is 89.9 Å². The van der Waals surface area contributed by atoms with Crippen molar-refractivity contribution in [1.29, 1.82) is 0 Å². The summed E-state index contributed by atoms with van der Waals surface area (Å²) in [6.07, 6.45) is 88.9. The molecule has 0 aliphatic heterocycles. The van der Waals surface area contributed by atoms with E-state index in [-0.39, 0.29) is 12.5 Å². The van der Waals surface area contributed by atoms with Crippen LogP contribution in [0.25, 0.3) is 0 Å². The van der Waals surface area contributed by atoms with Gasteiger partial charge in [-0.1, -0.05) is 263 Å². The van der Waals surface area contributed by atoms with E-state index in [1.165, 1.54) is 128 Å². The maximum atomic E-state index is 12.5. The Kier molecular flexibility index (Phi) is 53.9. The highest BCUT2D eigenvalue weighted by Gasteiger charge is 2.17. The van der Waals surface area contributed by atoms with Gasteiger partial charge in [0.1, 0.15) is 0 Å². The zero-order valence-corrected chi connectivity index (χ0v) is 43.6. The molecule has 0 aromatic rings. The Labute approximate surface area is 415 Å². The van der Waals surface area contributed by atoms with Crippen LogP contribution < -0.4 is 5.32 Å². The van der Waals surface area contributed by atoms with Gasteiger partial charge in [0.2, 0.25) is 5.91 Å². The summed E-state index contributed by atoms with van der Waals surface area (Å²) in [6, 6.07) is -0.649. The maximum absolute atomic E-state index is 12.5. The lowest BCUT2D eigenvalue weighted by molar-refractivity contribution is -0.123. The van der Waals surface area contributed by atoms with Gasteiger partial charge in [0.15, 0.2) is 0 Å². The Morgan fingerprint density at radius 3 is 1.04 bits per heavy atom. The minimum atomic E-state index is -0.871. The third-order valence-electron chi connectivity index (χ3n) is 11.9. The number of hydrogen-bond donors (Lipinski definition) is 3. The fraction of sp³-hybridized carbons (Fsp3) is 0.635. The first kappa shape index (κ1) is 63.5. The molecule has 2 atom stereocenters. The molecule has 3 N–H and O–H groups in total. The van der Waals surface area contributed by atoms with Crippen molar-refractivity contribution in [3.63, 3.8) is 0 Å². The third-order valence-corrected chi connectivity index (χ3v) is 11.9. The van der Waals surface area contributed by atoms with Crippen LogP contribution in [0.2, 0.25) is 0 Å². The molecule has 4 heteroatoms. The Balaban J connectivity index is 3.62. The predicted molar refractivity (Wildman–Crippen MR) is 299 cm³/mol. The van der Waals surface area contributed by atoms with E-state index in [2.05, 4.69) is 141 Å². The Morgan fingerprint density at radius 1 is 0.373 bits per heavy atom. The molecule has 67 heavy (non-hydrogen) atoms. The Bertz CT molecular complexity index is 1370. The number of rotatable bonds is 49. The predicted octanol–water partition coefficient (Wildman–Crippen LogP) is 18.6. The largest absolute Gasteiger partial charge is 0.394 e. The number of unbranched alkanes of at least 4 members (excludes halogenated alkanes) is 22. The van der Waals surface area contributed by atoms with E-state index in [4.69, 9.17) is 0 Å². The van der Waals surface area contributed by atoms with E-state index in [1.807, 2.05) is 6.08 Å². The summed E-state index contributed by atoms with van der Waals surface area (Å²) in [5.74, 6) is -0.0823. The van der Waals surface area contributed by atoms with Gasteiger partial charge in [-0.25, -0.2) is 0 Å². The van der Waals surface area contributed by atoms with Crippen molar-refractivity contribution in [3.05, 3.63) is 134 Å². The lowest BCUT2D eigenvalue weighted by Gasteiger charge is -2.19. The lowest BCUT2D eigenvalue weighted by atomic mass is 10.0. The van der Waals surface area contributed by atoms with Crippen molar-refractivity contribution in [1.82, 2.24) is 5.32 Å².